The third kappa shape index (κ3) is 7.35. The summed E-state index contributed by atoms with van der Waals surface area (Å²) in [4.78, 5) is 25.5. The Morgan fingerprint density at radius 2 is 1.71 bits per heavy atom. The second-order valence-corrected chi connectivity index (χ2v) is 9.45. The van der Waals surface area contributed by atoms with Crippen LogP contribution < -0.4 is 10.6 Å². The van der Waals surface area contributed by atoms with E-state index in [-0.39, 0.29) is 48.8 Å². The van der Waals surface area contributed by atoms with Crippen LogP contribution in [-0.2, 0) is 35.6 Å². The standard InChI is InChI=1S/C28H32N4O4.2ClH/c33-26(30-28(12-13-28)14-17-36-27(34)22-9-5-2-6-10-22)25-23-19-29-15-11-24(23)32(31-25)16-18-35-20-21-7-3-1-4-8-21;;/h1-10,29H,11-20H2,(H,30,33);2*1H. The number of benzene rings is 2. The molecule has 5 rings (SSSR count). The smallest absolute Gasteiger partial charge is 0.338 e. The van der Waals surface area contributed by atoms with Crippen LogP contribution in [0.1, 0.15) is 56.9 Å². The number of hydrogen-bond acceptors (Lipinski definition) is 6. The predicted octanol–water partition coefficient (Wildman–Crippen LogP) is 4.10. The van der Waals surface area contributed by atoms with E-state index in [0.29, 0.717) is 44.0 Å². The fourth-order valence-corrected chi connectivity index (χ4v) is 4.59. The Kier molecular flexibility index (Phi) is 10.7. The number of halogens is 2. The molecule has 2 heterocycles. The van der Waals surface area contributed by atoms with Crippen molar-refractivity contribution in [1.82, 2.24) is 20.4 Å². The molecule has 0 atom stereocenters. The van der Waals surface area contributed by atoms with Gasteiger partial charge in [-0.1, -0.05) is 48.5 Å². The Bertz CT molecular complexity index is 1200. The number of hydrogen-bond donors (Lipinski definition) is 2. The summed E-state index contributed by atoms with van der Waals surface area (Å²) in [5.41, 5.74) is 3.88. The van der Waals surface area contributed by atoms with Gasteiger partial charge in [0.15, 0.2) is 5.69 Å². The summed E-state index contributed by atoms with van der Waals surface area (Å²) >= 11 is 0. The average Bonchev–Trinajstić information content (AvgIpc) is 3.57. The SMILES string of the molecule is Cl.Cl.O=C(OCCC1(NC(=O)c2nn(CCOCc3ccccc3)c3c2CNCC3)CC1)c1ccccc1. The molecule has 0 spiro atoms. The largest absolute Gasteiger partial charge is 0.462 e. The van der Waals surface area contributed by atoms with Crippen molar-refractivity contribution in [2.24, 2.45) is 0 Å². The molecule has 1 amide bonds. The van der Waals surface area contributed by atoms with Gasteiger partial charge in [0.1, 0.15) is 0 Å². The lowest BCUT2D eigenvalue weighted by atomic mass is 10.1. The quantitative estimate of drug-likeness (QED) is 0.271. The molecule has 38 heavy (non-hydrogen) atoms. The fourth-order valence-electron chi connectivity index (χ4n) is 4.59. The molecule has 2 aliphatic rings. The zero-order valence-corrected chi connectivity index (χ0v) is 22.8. The van der Waals surface area contributed by atoms with Gasteiger partial charge in [-0.2, -0.15) is 5.10 Å². The number of fused-ring (bicyclic) bond motifs is 1. The first kappa shape index (κ1) is 29.6. The molecule has 2 N–H and O–H groups in total. The van der Waals surface area contributed by atoms with Crippen molar-refractivity contribution in [3.05, 3.63) is 88.7 Å². The van der Waals surface area contributed by atoms with Crippen LogP contribution in [-0.4, -0.2) is 47.0 Å². The highest BCUT2D eigenvalue weighted by Gasteiger charge is 2.44. The van der Waals surface area contributed by atoms with E-state index in [1.807, 2.05) is 53.2 Å². The highest BCUT2D eigenvalue weighted by molar-refractivity contribution is 5.95. The molecule has 0 saturated heterocycles. The van der Waals surface area contributed by atoms with Gasteiger partial charge in [0, 0.05) is 42.7 Å². The summed E-state index contributed by atoms with van der Waals surface area (Å²) in [6, 6.07) is 19.0. The first-order valence-electron chi connectivity index (χ1n) is 12.6. The molecule has 1 saturated carbocycles. The molecule has 3 aromatic rings. The maximum Gasteiger partial charge on any atom is 0.338 e. The highest BCUT2D eigenvalue weighted by atomic mass is 35.5. The van der Waals surface area contributed by atoms with Crippen LogP contribution in [0, 0.1) is 0 Å². The summed E-state index contributed by atoms with van der Waals surface area (Å²) < 4.78 is 13.2. The predicted molar refractivity (Wildman–Crippen MR) is 149 cm³/mol. The third-order valence-corrected chi connectivity index (χ3v) is 6.84. The summed E-state index contributed by atoms with van der Waals surface area (Å²) in [6.07, 6.45) is 3.16. The van der Waals surface area contributed by atoms with Gasteiger partial charge in [-0.15, -0.1) is 24.8 Å². The van der Waals surface area contributed by atoms with Gasteiger partial charge in [0.2, 0.25) is 0 Å². The molecule has 8 nitrogen and oxygen atoms in total. The Morgan fingerprint density at radius 3 is 2.42 bits per heavy atom. The van der Waals surface area contributed by atoms with Gasteiger partial charge in [0.25, 0.3) is 5.91 Å². The normalized spacial score (nSPS) is 14.8. The summed E-state index contributed by atoms with van der Waals surface area (Å²) in [7, 11) is 0. The minimum Gasteiger partial charge on any atom is -0.462 e. The van der Waals surface area contributed by atoms with Crippen molar-refractivity contribution >= 4 is 36.7 Å². The highest BCUT2D eigenvalue weighted by Crippen LogP contribution is 2.39. The molecule has 204 valence electrons. The Hall–Kier alpha value is -2.91. The summed E-state index contributed by atoms with van der Waals surface area (Å²) in [5.74, 6) is -0.503. The van der Waals surface area contributed by atoms with Crippen molar-refractivity contribution in [2.45, 2.75) is 50.9 Å². The molecule has 1 aliphatic heterocycles. The molecular weight excluding hydrogens is 527 g/mol. The van der Waals surface area contributed by atoms with Gasteiger partial charge >= 0.3 is 5.97 Å². The van der Waals surface area contributed by atoms with E-state index in [1.54, 1.807) is 12.1 Å². The second-order valence-electron chi connectivity index (χ2n) is 9.45. The van der Waals surface area contributed by atoms with Gasteiger partial charge in [0.05, 0.1) is 31.9 Å². The minimum absolute atomic E-state index is 0. The molecule has 0 bridgehead atoms. The van der Waals surface area contributed by atoms with Crippen molar-refractivity contribution < 1.29 is 19.1 Å². The van der Waals surface area contributed by atoms with Crippen LogP contribution in [0.3, 0.4) is 0 Å². The number of amides is 1. The molecule has 1 aromatic heterocycles. The number of carbonyl (C=O) groups is 2. The number of rotatable bonds is 11. The van der Waals surface area contributed by atoms with Gasteiger partial charge in [-0.3, -0.25) is 9.48 Å². The van der Waals surface area contributed by atoms with E-state index in [2.05, 4.69) is 10.6 Å². The number of aromatic nitrogens is 2. The molecular formula is C28H34Cl2N4O4. The second kappa shape index (κ2) is 13.8. The maximum atomic E-state index is 13.3. The van der Waals surface area contributed by atoms with Crippen LogP contribution in [0.5, 0.6) is 0 Å². The topological polar surface area (TPSA) is 94.5 Å². The van der Waals surface area contributed by atoms with Crippen molar-refractivity contribution in [3.8, 4) is 0 Å². The molecule has 10 heteroatoms. The van der Waals surface area contributed by atoms with Crippen LogP contribution in [0.25, 0.3) is 0 Å². The van der Waals surface area contributed by atoms with Crippen LogP contribution >= 0.6 is 24.8 Å². The van der Waals surface area contributed by atoms with Crippen molar-refractivity contribution in [3.63, 3.8) is 0 Å². The third-order valence-electron chi connectivity index (χ3n) is 6.84. The van der Waals surface area contributed by atoms with Gasteiger partial charge in [-0.05, 0) is 30.5 Å². The Labute approximate surface area is 235 Å². The minimum atomic E-state index is -0.342. The van der Waals surface area contributed by atoms with Crippen LogP contribution in [0.15, 0.2) is 60.7 Å². The number of carbonyl (C=O) groups excluding carboxylic acids is 2. The lowest BCUT2D eigenvalue weighted by molar-refractivity contribution is 0.0485. The maximum absolute atomic E-state index is 13.3. The van der Waals surface area contributed by atoms with E-state index in [1.165, 1.54) is 0 Å². The Morgan fingerprint density at radius 1 is 1.00 bits per heavy atom. The van der Waals surface area contributed by atoms with Crippen molar-refractivity contribution in [1.29, 1.82) is 0 Å². The average molecular weight is 562 g/mol. The molecule has 2 aromatic carbocycles. The molecule has 1 aliphatic carbocycles. The zero-order chi connectivity index (χ0) is 24.8. The van der Waals surface area contributed by atoms with E-state index < -0.39 is 0 Å². The lowest BCUT2D eigenvalue weighted by Gasteiger charge is -2.18. The van der Waals surface area contributed by atoms with Crippen LogP contribution in [0.4, 0.5) is 0 Å². The number of nitrogens with zero attached hydrogens (tertiary/aromatic N) is 2. The number of nitrogens with one attached hydrogen (secondary N) is 2. The monoisotopic (exact) mass is 560 g/mol. The summed E-state index contributed by atoms with van der Waals surface area (Å²) in [6.45, 7) is 3.43. The van der Waals surface area contributed by atoms with E-state index in [9.17, 15) is 9.59 Å². The van der Waals surface area contributed by atoms with Crippen LogP contribution in [0.2, 0.25) is 0 Å². The zero-order valence-electron chi connectivity index (χ0n) is 21.2. The first-order valence-corrected chi connectivity index (χ1v) is 12.6. The lowest BCUT2D eigenvalue weighted by Crippen LogP contribution is -2.39. The number of ether oxygens (including phenoxy) is 2. The molecule has 0 unspecified atom stereocenters. The van der Waals surface area contributed by atoms with E-state index in [0.717, 1.165) is 42.6 Å². The van der Waals surface area contributed by atoms with Crippen molar-refractivity contribution in [2.75, 3.05) is 19.8 Å². The fraction of sp³-hybridized carbons (Fsp3) is 0.393. The summed E-state index contributed by atoms with van der Waals surface area (Å²) in [5, 5.41) is 11.2. The molecule has 1 fully saturated rings. The van der Waals surface area contributed by atoms with E-state index in [4.69, 9.17) is 14.6 Å². The van der Waals surface area contributed by atoms with Gasteiger partial charge < -0.3 is 20.1 Å². The first-order chi connectivity index (χ1) is 17.6. The van der Waals surface area contributed by atoms with E-state index >= 15 is 0 Å². The number of esters is 1. The van der Waals surface area contributed by atoms with Gasteiger partial charge in [-0.25, -0.2) is 4.79 Å². The molecule has 0 radical (unpaired) electrons. The Balaban J connectivity index is 0.00000200.